The lowest BCUT2D eigenvalue weighted by atomic mass is 10.1. The Bertz CT molecular complexity index is 250. The summed E-state index contributed by atoms with van der Waals surface area (Å²) in [5.74, 6) is 0.520. The highest BCUT2D eigenvalue weighted by molar-refractivity contribution is 6.18. The van der Waals surface area contributed by atoms with Crippen molar-refractivity contribution < 1.29 is 0 Å². The van der Waals surface area contributed by atoms with E-state index in [1.54, 1.807) is 12.1 Å². The Morgan fingerprint density at radius 2 is 2.09 bits per heavy atom. The van der Waals surface area contributed by atoms with Crippen LogP contribution in [0.3, 0.4) is 0 Å². The van der Waals surface area contributed by atoms with Crippen LogP contribution in [0.4, 0.5) is 5.69 Å². The molecule has 0 radical (unpaired) electrons. The van der Waals surface area contributed by atoms with E-state index in [1.165, 1.54) is 0 Å². The Balaban J connectivity index is 2.92. The lowest BCUT2D eigenvalue weighted by molar-refractivity contribution is 1.14. The van der Waals surface area contributed by atoms with Crippen LogP contribution in [-0.2, 0) is 6.42 Å². The molecular formula is C8H8ClNO. The summed E-state index contributed by atoms with van der Waals surface area (Å²) >= 11 is 5.52. The molecule has 1 aromatic rings. The van der Waals surface area contributed by atoms with E-state index in [0.29, 0.717) is 18.0 Å². The summed E-state index contributed by atoms with van der Waals surface area (Å²) in [7, 11) is 0. The standard InChI is InChI=1S/C8H8ClNO/c9-6-5-7-3-1-2-4-8(7)10-11/h1-4H,5-6H2. The molecule has 0 atom stereocenters. The van der Waals surface area contributed by atoms with Gasteiger partial charge in [0.15, 0.2) is 0 Å². The normalized spacial score (nSPS) is 9.55. The van der Waals surface area contributed by atoms with E-state index < -0.39 is 0 Å². The smallest absolute Gasteiger partial charge is 0.111 e. The fraction of sp³-hybridized carbons (Fsp3) is 0.250. The Labute approximate surface area is 70.2 Å². The first-order valence-electron chi connectivity index (χ1n) is 3.35. The number of rotatable bonds is 3. The van der Waals surface area contributed by atoms with E-state index in [-0.39, 0.29) is 0 Å². The minimum Gasteiger partial charge on any atom is -0.145 e. The van der Waals surface area contributed by atoms with E-state index in [2.05, 4.69) is 5.18 Å². The summed E-state index contributed by atoms with van der Waals surface area (Å²) in [5, 5.41) is 2.88. The molecule has 0 saturated carbocycles. The monoisotopic (exact) mass is 169 g/mol. The second-order valence-corrected chi connectivity index (χ2v) is 2.54. The van der Waals surface area contributed by atoms with Gasteiger partial charge in [-0.1, -0.05) is 18.2 Å². The number of nitroso groups, excluding NO2 is 1. The number of halogens is 1. The zero-order valence-electron chi connectivity index (χ0n) is 5.96. The first-order valence-corrected chi connectivity index (χ1v) is 3.89. The van der Waals surface area contributed by atoms with Crippen molar-refractivity contribution in [1.82, 2.24) is 0 Å². The summed E-state index contributed by atoms with van der Waals surface area (Å²) in [5.41, 5.74) is 1.41. The number of alkyl halides is 1. The molecule has 0 saturated heterocycles. The number of benzene rings is 1. The first-order chi connectivity index (χ1) is 5.38. The Morgan fingerprint density at radius 1 is 1.36 bits per heavy atom. The summed E-state index contributed by atoms with van der Waals surface area (Å²) < 4.78 is 0. The zero-order chi connectivity index (χ0) is 8.10. The third kappa shape index (κ3) is 2.02. The molecule has 2 nitrogen and oxygen atoms in total. The van der Waals surface area contributed by atoms with Crippen molar-refractivity contribution in [3.63, 3.8) is 0 Å². The van der Waals surface area contributed by atoms with Gasteiger partial charge in [0.25, 0.3) is 0 Å². The van der Waals surface area contributed by atoms with Crippen LogP contribution in [-0.4, -0.2) is 5.88 Å². The summed E-state index contributed by atoms with van der Waals surface area (Å²) in [6.45, 7) is 0. The van der Waals surface area contributed by atoms with E-state index in [0.717, 1.165) is 5.56 Å². The molecule has 0 heterocycles. The zero-order valence-corrected chi connectivity index (χ0v) is 6.71. The van der Waals surface area contributed by atoms with Gasteiger partial charge in [-0.15, -0.1) is 16.5 Å². The fourth-order valence-corrected chi connectivity index (χ4v) is 1.12. The fourth-order valence-electron chi connectivity index (χ4n) is 0.913. The van der Waals surface area contributed by atoms with Crippen LogP contribution in [0.2, 0.25) is 0 Å². The van der Waals surface area contributed by atoms with Crippen molar-refractivity contribution in [3.05, 3.63) is 34.7 Å². The first kappa shape index (κ1) is 8.21. The molecule has 0 spiro atoms. The molecule has 3 heteroatoms. The molecule has 0 bridgehead atoms. The van der Waals surface area contributed by atoms with Gasteiger partial charge in [-0.3, -0.25) is 0 Å². The van der Waals surface area contributed by atoms with Gasteiger partial charge < -0.3 is 0 Å². The lowest BCUT2D eigenvalue weighted by Crippen LogP contribution is -1.85. The number of nitrogens with zero attached hydrogens (tertiary/aromatic N) is 1. The van der Waals surface area contributed by atoms with Crippen molar-refractivity contribution in [2.24, 2.45) is 5.18 Å². The second kappa shape index (κ2) is 4.09. The third-order valence-corrected chi connectivity index (χ3v) is 1.64. The summed E-state index contributed by atoms with van der Waals surface area (Å²) in [4.78, 5) is 10.2. The van der Waals surface area contributed by atoms with Gasteiger partial charge in [-0.25, -0.2) is 0 Å². The molecule has 0 N–H and O–H groups in total. The molecule has 0 aromatic heterocycles. The quantitative estimate of drug-likeness (QED) is 0.505. The minimum absolute atomic E-state index is 0.494. The molecule has 0 unspecified atom stereocenters. The van der Waals surface area contributed by atoms with Gasteiger partial charge >= 0.3 is 0 Å². The maximum Gasteiger partial charge on any atom is 0.111 e. The highest BCUT2D eigenvalue weighted by atomic mass is 35.5. The Hall–Kier alpha value is -0.890. The molecule has 58 valence electrons. The van der Waals surface area contributed by atoms with Crippen LogP contribution in [0.1, 0.15) is 5.56 Å². The SMILES string of the molecule is O=Nc1ccccc1CCCl. The van der Waals surface area contributed by atoms with Crippen molar-refractivity contribution in [1.29, 1.82) is 0 Å². The minimum atomic E-state index is 0.494. The van der Waals surface area contributed by atoms with E-state index in [9.17, 15) is 4.91 Å². The molecule has 1 aromatic carbocycles. The molecule has 0 aliphatic carbocycles. The van der Waals surface area contributed by atoms with Gasteiger partial charge in [0.2, 0.25) is 0 Å². The Kier molecular flexibility index (Phi) is 3.05. The van der Waals surface area contributed by atoms with Crippen LogP contribution in [0, 0.1) is 4.91 Å². The molecule has 0 amide bonds. The molecule has 1 rings (SSSR count). The highest BCUT2D eigenvalue weighted by Crippen LogP contribution is 2.18. The van der Waals surface area contributed by atoms with Gasteiger partial charge in [-0.2, -0.15) is 0 Å². The third-order valence-electron chi connectivity index (χ3n) is 1.45. The van der Waals surface area contributed by atoms with Crippen LogP contribution in [0.5, 0.6) is 0 Å². The topological polar surface area (TPSA) is 29.4 Å². The van der Waals surface area contributed by atoms with Crippen LogP contribution < -0.4 is 0 Å². The number of aryl methyl sites for hydroxylation is 1. The largest absolute Gasteiger partial charge is 0.145 e. The summed E-state index contributed by atoms with van der Waals surface area (Å²) in [6.07, 6.45) is 0.698. The van der Waals surface area contributed by atoms with Gasteiger partial charge in [-0.05, 0) is 23.2 Å². The van der Waals surface area contributed by atoms with E-state index in [1.807, 2.05) is 12.1 Å². The van der Waals surface area contributed by atoms with Crippen molar-refractivity contribution in [2.45, 2.75) is 6.42 Å². The van der Waals surface area contributed by atoms with Gasteiger partial charge in [0.05, 0.1) is 0 Å². The van der Waals surface area contributed by atoms with Crippen LogP contribution >= 0.6 is 11.6 Å². The number of hydrogen-bond acceptors (Lipinski definition) is 2. The van der Waals surface area contributed by atoms with Crippen molar-refractivity contribution in [3.8, 4) is 0 Å². The second-order valence-electron chi connectivity index (χ2n) is 2.16. The predicted octanol–water partition coefficient (Wildman–Crippen LogP) is 2.87. The van der Waals surface area contributed by atoms with Crippen LogP contribution in [0.15, 0.2) is 29.4 Å². The van der Waals surface area contributed by atoms with Crippen LogP contribution in [0.25, 0.3) is 0 Å². The lowest BCUT2D eigenvalue weighted by Gasteiger charge is -1.98. The van der Waals surface area contributed by atoms with E-state index >= 15 is 0 Å². The van der Waals surface area contributed by atoms with E-state index in [4.69, 9.17) is 11.6 Å². The molecule has 11 heavy (non-hydrogen) atoms. The van der Waals surface area contributed by atoms with Gasteiger partial charge in [0, 0.05) is 5.88 Å². The van der Waals surface area contributed by atoms with Crippen molar-refractivity contribution in [2.75, 3.05) is 5.88 Å². The average molecular weight is 170 g/mol. The van der Waals surface area contributed by atoms with Gasteiger partial charge in [0.1, 0.15) is 5.69 Å². The maximum absolute atomic E-state index is 10.2. The highest BCUT2D eigenvalue weighted by Gasteiger charge is 1.98. The maximum atomic E-state index is 10.2. The Morgan fingerprint density at radius 3 is 2.73 bits per heavy atom. The molecule has 0 aliphatic rings. The molecule has 0 aliphatic heterocycles. The summed E-state index contributed by atoms with van der Waals surface area (Å²) in [6, 6.07) is 7.21. The average Bonchev–Trinajstić information content (AvgIpc) is 2.06. The predicted molar refractivity (Wildman–Crippen MR) is 46.3 cm³/mol. The molecular weight excluding hydrogens is 162 g/mol. The van der Waals surface area contributed by atoms with Crippen molar-refractivity contribution >= 4 is 17.3 Å². The molecule has 0 fully saturated rings. The number of hydrogen-bond donors (Lipinski definition) is 0.